The van der Waals surface area contributed by atoms with Crippen LogP contribution < -0.4 is 10.1 Å². The minimum absolute atomic E-state index is 0.0294. The van der Waals surface area contributed by atoms with Crippen LogP contribution in [0.3, 0.4) is 0 Å². The van der Waals surface area contributed by atoms with Crippen LogP contribution in [-0.4, -0.2) is 24.9 Å². The Bertz CT molecular complexity index is 373. The van der Waals surface area contributed by atoms with Gasteiger partial charge in [-0.15, -0.1) is 0 Å². The van der Waals surface area contributed by atoms with E-state index in [0.717, 1.165) is 10.2 Å². The quantitative estimate of drug-likeness (QED) is 0.821. The van der Waals surface area contributed by atoms with Crippen LogP contribution in [0.25, 0.3) is 0 Å². The third kappa shape index (κ3) is 6.07. The first kappa shape index (κ1) is 14.5. The van der Waals surface area contributed by atoms with E-state index in [1.807, 2.05) is 0 Å². The van der Waals surface area contributed by atoms with Crippen molar-refractivity contribution in [1.29, 1.82) is 0 Å². The number of halogens is 4. The third-order valence-corrected chi connectivity index (χ3v) is 3.00. The Kier molecular flexibility index (Phi) is 5.45. The molecule has 0 bridgehead atoms. The lowest BCUT2D eigenvalue weighted by Gasteiger charge is -2.10. The van der Waals surface area contributed by atoms with E-state index in [0.29, 0.717) is 5.75 Å². The van der Waals surface area contributed by atoms with Crippen molar-refractivity contribution in [2.45, 2.75) is 5.51 Å². The number of methoxy groups -OCH3 is 1. The van der Waals surface area contributed by atoms with Gasteiger partial charge in [0.2, 0.25) is 0 Å². The summed E-state index contributed by atoms with van der Waals surface area (Å²) in [5.74, 6) is 0.614. The Morgan fingerprint density at radius 2 is 2.06 bits per heavy atom. The maximum Gasteiger partial charge on any atom is 0.441 e. The highest BCUT2D eigenvalue weighted by atomic mass is 79.9. The molecule has 96 valence electrons. The van der Waals surface area contributed by atoms with Gasteiger partial charge in [0.25, 0.3) is 0 Å². The number of hydrogen-bond donors (Lipinski definition) is 1. The fourth-order valence-corrected chi connectivity index (χ4v) is 2.05. The summed E-state index contributed by atoms with van der Waals surface area (Å²) >= 11 is 3.25. The summed E-state index contributed by atoms with van der Waals surface area (Å²) < 4.78 is 41.5. The van der Waals surface area contributed by atoms with Gasteiger partial charge in [0.1, 0.15) is 5.75 Å². The van der Waals surface area contributed by atoms with Crippen LogP contribution >= 0.6 is 27.7 Å². The second-order valence-corrected chi connectivity index (χ2v) is 5.18. The SMILES string of the molecule is COc1cc(Br)cc(NCCSC(F)(F)F)c1. The van der Waals surface area contributed by atoms with Gasteiger partial charge in [0.05, 0.1) is 7.11 Å². The molecule has 0 aromatic heterocycles. The van der Waals surface area contributed by atoms with Gasteiger partial charge in [0, 0.05) is 28.5 Å². The van der Waals surface area contributed by atoms with Gasteiger partial charge in [-0.25, -0.2) is 0 Å². The van der Waals surface area contributed by atoms with Crippen LogP contribution in [0.1, 0.15) is 0 Å². The highest BCUT2D eigenvalue weighted by molar-refractivity contribution is 9.10. The lowest BCUT2D eigenvalue weighted by Crippen LogP contribution is -2.09. The molecule has 0 aliphatic heterocycles. The fraction of sp³-hybridized carbons (Fsp3) is 0.400. The largest absolute Gasteiger partial charge is 0.497 e. The molecule has 0 spiro atoms. The minimum atomic E-state index is -4.17. The number of anilines is 1. The van der Waals surface area contributed by atoms with Crippen molar-refractivity contribution in [2.75, 3.05) is 24.7 Å². The highest BCUT2D eigenvalue weighted by Gasteiger charge is 2.27. The number of rotatable bonds is 5. The third-order valence-electron chi connectivity index (χ3n) is 1.80. The van der Waals surface area contributed by atoms with Gasteiger partial charge < -0.3 is 10.1 Å². The molecule has 0 saturated carbocycles. The van der Waals surface area contributed by atoms with Crippen molar-refractivity contribution in [3.05, 3.63) is 22.7 Å². The van der Waals surface area contributed by atoms with Crippen LogP contribution in [0.5, 0.6) is 5.75 Å². The molecule has 0 atom stereocenters. The summed E-state index contributed by atoms with van der Waals surface area (Å²) in [5, 5.41) is 2.90. The average Bonchev–Trinajstić information content (AvgIpc) is 2.22. The molecule has 0 radical (unpaired) electrons. The summed E-state index contributed by atoms with van der Waals surface area (Å²) in [7, 11) is 1.53. The molecule has 0 aliphatic rings. The highest BCUT2D eigenvalue weighted by Crippen LogP contribution is 2.30. The van der Waals surface area contributed by atoms with Crippen LogP contribution in [-0.2, 0) is 0 Å². The standard InChI is InChI=1S/C10H11BrF3NOS/c1-16-9-5-7(11)4-8(6-9)15-2-3-17-10(12,13)14/h4-6,15H,2-3H2,1H3. The zero-order valence-corrected chi connectivity index (χ0v) is 11.4. The van der Waals surface area contributed by atoms with Crippen molar-refractivity contribution in [1.82, 2.24) is 0 Å². The molecule has 0 unspecified atom stereocenters. The number of thioether (sulfide) groups is 1. The lowest BCUT2D eigenvalue weighted by atomic mass is 10.3. The topological polar surface area (TPSA) is 21.3 Å². The molecule has 17 heavy (non-hydrogen) atoms. The molecule has 0 aliphatic carbocycles. The Morgan fingerprint density at radius 3 is 2.65 bits per heavy atom. The maximum absolute atomic E-state index is 11.9. The number of benzene rings is 1. The maximum atomic E-state index is 11.9. The van der Waals surface area contributed by atoms with Crippen molar-refractivity contribution < 1.29 is 17.9 Å². The van der Waals surface area contributed by atoms with Gasteiger partial charge in [0.15, 0.2) is 0 Å². The predicted molar refractivity (Wildman–Crippen MR) is 67.7 cm³/mol. The molecular weight excluding hydrogens is 319 g/mol. The Morgan fingerprint density at radius 1 is 1.35 bits per heavy atom. The van der Waals surface area contributed by atoms with Gasteiger partial charge in [-0.1, -0.05) is 15.9 Å². The zero-order chi connectivity index (χ0) is 12.9. The molecule has 2 nitrogen and oxygen atoms in total. The van der Waals surface area contributed by atoms with Crippen LogP contribution in [0, 0.1) is 0 Å². The Balaban J connectivity index is 2.44. The molecule has 0 amide bonds. The minimum Gasteiger partial charge on any atom is -0.497 e. The Labute approximate surface area is 110 Å². The number of alkyl halides is 3. The molecular formula is C10H11BrF3NOS. The number of hydrogen-bond acceptors (Lipinski definition) is 3. The first-order valence-electron chi connectivity index (χ1n) is 4.70. The van der Waals surface area contributed by atoms with E-state index in [1.165, 1.54) is 7.11 Å². The van der Waals surface area contributed by atoms with E-state index in [2.05, 4.69) is 21.2 Å². The summed E-state index contributed by atoms with van der Waals surface area (Å²) in [6.07, 6.45) is 0. The van der Waals surface area contributed by atoms with Crippen LogP contribution in [0.15, 0.2) is 22.7 Å². The first-order valence-corrected chi connectivity index (χ1v) is 6.48. The molecule has 0 fully saturated rings. The van der Waals surface area contributed by atoms with E-state index in [4.69, 9.17) is 4.74 Å². The van der Waals surface area contributed by atoms with E-state index in [-0.39, 0.29) is 24.1 Å². The molecule has 1 rings (SSSR count). The second kappa shape index (κ2) is 6.39. The fourth-order valence-electron chi connectivity index (χ4n) is 1.14. The molecule has 1 aromatic carbocycles. The normalized spacial score (nSPS) is 11.4. The van der Waals surface area contributed by atoms with Crippen LogP contribution in [0.2, 0.25) is 0 Å². The average molecular weight is 330 g/mol. The van der Waals surface area contributed by atoms with Gasteiger partial charge in [-0.05, 0) is 23.9 Å². The van der Waals surface area contributed by atoms with Crippen molar-refractivity contribution >= 4 is 33.4 Å². The summed E-state index contributed by atoms with van der Waals surface area (Å²) in [6, 6.07) is 5.28. The lowest BCUT2D eigenvalue weighted by molar-refractivity contribution is -0.0327. The van der Waals surface area contributed by atoms with Crippen molar-refractivity contribution in [3.8, 4) is 5.75 Å². The monoisotopic (exact) mass is 329 g/mol. The molecule has 7 heteroatoms. The van der Waals surface area contributed by atoms with E-state index >= 15 is 0 Å². The van der Waals surface area contributed by atoms with E-state index in [9.17, 15) is 13.2 Å². The second-order valence-electron chi connectivity index (χ2n) is 3.10. The van der Waals surface area contributed by atoms with Gasteiger partial charge in [-0.3, -0.25) is 0 Å². The van der Waals surface area contributed by atoms with Crippen molar-refractivity contribution in [3.63, 3.8) is 0 Å². The van der Waals surface area contributed by atoms with Gasteiger partial charge >= 0.3 is 5.51 Å². The summed E-state index contributed by atoms with van der Waals surface area (Å²) in [5.41, 5.74) is -3.45. The smallest absolute Gasteiger partial charge is 0.441 e. The summed E-state index contributed by atoms with van der Waals surface area (Å²) in [6.45, 7) is 0.240. The zero-order valence-electron chi connectivity index (χ0n) is 8.97. The predicted octanol–water partition coefficient (Wildman–Crippen LogP) is 4.12. The number of ether oxygens (including phenoxy) is 1. The molecule has 1 aromatic rings. The van der Waals surface area contributed by atoms with Crippen LogP contribution in [0.4, 0.5) is 18.9 Å². The molecule has 0 saturated heterocycles. The summed E-state index contributed by atoms with van der Waals surface area (Å²) in [4.78, 5) is 0. The van der Waals surface area contributed by atoms with Crippen molar-refractivity contribution in [2.24, 2.45) is 0 Å². The molecule has 0 heterocycles. The van der Waals surface area contributed by atoms with E-state index < -0.39 is 5.51 Å². The first-order chi connectivity index (χ1) is 7.90. The molecule has 1 N–H and O–H groups in total. The van der Waals surface area contributed by atoms with Gasteiger partial charge in [-0.2, -0.15) is 13.2 Å². The Hall–Kier alpha value is -0.560. The van der Waals surface area contributed by atoms with E-state index in [1.54, 1.807) is 18.2 Å². The number of nitrogens with one attached hydrogen (secondary N) is 1.